The van der Waals surface area contributed by atoms with Crippen LogP contribution in [-0.4, -0.2) is 19.6 Å². The molecule has 0 radical (unpaired) electrons. The molecule has 0 aliphatic carbocycles. The lowest BCUT2D eigenvalue weighted by molar-refractivity contribution is 0.467. The van der Waals surface area contributed by atoms with Gasteiger partial charge in [-0.2, -0.15) is 8.42 Å². The van der Waals surface area contributed by atoms with Gasteiger partial charge in [0.1, 0.15) is 0 Å². The Labute approximate surface area is 88.7 Å². The Morgan fingerprint density at radius 1 is 1.40 bits per heavy atom. The van der Waals surface area contributed by atoms with Gasteiger partial charge in [0.25, 0.3) is 10.1 Å². The smallest absolute Gasteiger partial charge is 0.282 e. The van der Waals surface area contributed by atoms with E-state index in [4.69, 9.17) is 4.55 Å². The van der Waals surface area contributed by atoms with Gasteiger partial charge >= 0.3 is 0 Å². The number of halogens is 1. The molecule has 0 aromatic heterocycles. The highest BCUT2D eigenvalue weighted by Crippen LogP contribution is 2.18. The van der Waals surface area contributed by atoms with E-state index >= 15 is 0 Å². The van der Waals surface area contributed by atoms with Gasteiger partial charge in [-0.25, -0.2) is 0 Å². The van der Waals surface area contributed by atoms with E-state index < -0.39 is 16.8 Å². The van der Waals surface area contributed by atoms with Gasteiger partial charge in [-0.15, -0.1) is 0 Å². The fourth-order valence-electron chi connectivity index (χ4n) is 1.41. The van der Waals surface area contributed by atoms with Crippen molar-refractivity contribution in [1.82, 2.24) is 0 Å². The number of hydrogen-bond acceptors (Lipinski definition) is 2. The molecule has 0 atom stereocenters. The number of rotatable bonds is 4. The summed E-state index contributed by atoms with van der Waals surface area (Å²) in [7, 11) is -4.20. The van der Waals surface area contributed by atoms with Crippen molar-refractivity contribution in [2.45, 2.75) is 24.7 Å². The Morgan fingerprint density at radius 3 is 2.60 bits per heavy atom. The number of aryl methyl sites for hydroxylation is 2. The van der Waals surface area contributed by atoms with Gasteiger partial charge in [-0.05, 0) is 31.4 Å². The van der Waals surface area contributed by atoms with E-state index in [-0.39, 0.29) is 11.3 Å². The quantitative estimate of drug-likeness (QED) is 0.809. The Morgan fingerprint density at radius 2 is 2.07 bits per heavy atom. The van der Waals surface area contributed by atoms with Crippen LogP contribution in [0.1, 0.15) is 17.5 Å². The minimum atomic E-state index is -4.20. The molecule has 1 aromatic carbocycles. The highest BCUT2D eigenvalue weighted by molar-refractivity contribution is 7.85. The predicted molar refractivity (Wildman–Crippen MR) is 55.3 cm³/mol. The molecule has 0 unspecified atom stereocenters. The number of hydrogen-bond donors (Lipinski definition) is 1. The lowest BCUT2D eigenvalue weighted by Gasteiger charge is -2.06. The fraction of sp³-hybridized carbons (Fsp3) is 0.400. The molecule has 0 fully saturated rings. The first kappa shape index (κ1) is 12.1. The lowest BCUT2D eigenvalue weighted by atomic mass is 10.1. The summed E-state index contributed by atoms with van der Waals surface area (Å²) >= 11 is 0. The van der Waals surface area contributed by atoms with Crippen molar-refractivity contribution in [3.63, 3.8) is 0 Å². The molecule has 0 aliphatic rings. The second-order valence-corrected chi connectivity index (χ2v) is 4.77. The molecule has 0 saturated heterocycles. The van der Waals surface area contributed by atoms with Crippen molar-refractivity contribution in [2.75, 3.05) is 6.67 Å². The zero-order chi connectivity index (χ0) is 11.5. The molecule has 5 heteroatoms. The first-order valence-corrected chi connectivity index (χ1v) is 6.02. The zero-order valence-electron chi connectivity index (χ0n) is 8.40. The molecular formula is C10H13FO3S. The topological polar surface area (TPSA) is 54.4 Å². The standard InChI is InChI=1S/C10H13FO3S/c1-8-4-5-10(15(12,13)14)9(7-8)3-2-6-11/h4-5,7H,2-3,6H2,1H3,(H,12,13,14). The normalized spacial score (nSPS) is 11.7. The average molecular weight is 232 g/mol. The average Bonchev–Trinajstić information content (AvgIpc) is 2.12. The molecule has 0 spiro atoms. The van der Waals surface area contributed by atoms with Crippen LogP contribution in [0.5, 0.6) is 0 Å². The number of alkyl halides is 1. The maximum Gasteiger partial charge on any atom is 0.294 e. The van der Waals surface area contributed by atoms with E-state index in [1.807, 2.05) is 6.92 Å². The van der Waals surface area contributed by atoms with Gasteiger partial charge in [-0.1, -0.05) is 17.7 Å². The van der Waals surface area contributed by atoms with Crippen molar-refractivity contribution in [3.05, 3.63) is 29.3 Å². The third-order valence-corrected chi connectivity index (χ3v) is 3.03. The van der Waals surface area contributed by atoms with Crippen LogP contribution in [0.15, 0.2) is 23.1 Å². The highest BCUT2D eigenvalue weighted by Gasteiger charge is 2.14. The van der Waals surface area contributed by atoms with Crippen molar-refractivity contribution in [2.24, 2.45) is 0 Å². The van der Waals surface area contributed by atoms with Crippen molar-refractivity contribution in [1.29, 1.82) is 0 Å². The summed E-state index contributed by atoms with van der Waals surface area (Å²) in [5, 5.41) is 0. The van der Waals surface area contributed by atoms with Crippen LogP contribution >= 0.6 is 0 Å². The summed E-state index contributed by atoms with van der Waals surface area (Å²) in [6.45, 7) is 1.31. The molecule has 3 nitrogen and oxygen atoms in total. The van der Waals surface area contributed by atoms with Crippen LogP contribution in [0, 0.1) is 6.92 Å². The van der Waals surface area contributed by atoms with Gasteiger partial charge in [0.2, 0.25) is 0 Å². The van der Waals surface area contributed by atoms with Crippen LogP contribution in [0.2, 0.25) is 0 Å². The molecule has 0 amide bonds. The molecule has 15 heavy (non-hydrogen) atoms. The Hall–Kier alpha value is -0.940. The highest BCUT2D eigenvalue weighted by atomic mass is 32.2. The SMILES string of the molecule is Cc1ccc(S(=O)(=O)O)c(CCCF)c1. The monoisotopic (exact) mass is 232 g/mol. The fourth-order valence-corrected chi connectivity index (χ4v) is 2.14. The Balaban J connectivity index is 3.15. The molecular weight excluding hydrogens is 219 g/mol. The minimum absolute atomic E-state index is 0.124. The maximum atomic E-state index is 12.0. The first-order valence-electron chi connectivity index (χ1n) is 4.58. The minimum Gasteiger partial charge on any atom is -0.282 e. The summed E-state index contributed by atoms with van der Waals surface area (Å²) in [6.07, 6.45) is 0.569. The summed E-state index contributed by atoms with van der Waals surface area (Å²) in [5.74, 6) is 0. The van der Waals surface area contributed by atoms with Gasteiger partial charge in [-0.3, -0.25) is 8.94 Å². The van der Waals surface area contributed by atoms with Crippen LogP contribution in [0.25, 0.3) is 0 Å². The van der Waals surface area contributed by atoms with Crippen LogP contribution in [0.3, 0.4) is 0 Å². The first-order chi connectivity index (χ1) is 6.95. The van der Waals surface area contributed by atoms with Gasteiger partial charge in [0, 0.05) is 0 Å². The molecule has 1 aromatic rings. The summed E-state index contributed by atoms with van der Waals surface area (Å²) in [5.41, 5.74) is 1.35. The predicted octanol–water partition coefficient (Wildman–Crippen LogP) is 2.14. The van der Waals surface area contributed by atoms with E-state index in [9.17, 15) is 12.8 Å². The van der Waals surface area contributed by atoms with Crippen molar-refractivity contribution < 1.29 is 17.4 Å². The second kappa shape index (κ2) is 4.72. The zero-order valence-corrected chi connectivity index (χ0v) is 9.22. The third-order valence-electron chi connectivity index (χ3n) is 2.07. The largest absolute Gasteiger partial charge is 0.294 e. The second-order valence-electron chi connectivity index (χ2n) is 3.38. The van der Waals surface area contributed by atoms with Crippen LogP contribution in [0.4, 0.5) is 4.39 Å². The van der Waals surface area contributed by atoms with E-state index in [0.29, 0.717) is 12.0 Å². The summed E-state index contributed by atoms with van der Waals surface area (Å²) in [4.78, 5) is -0.124. The van der Waals surface area contributed by atoms with Gasteiger partial charge in [0.15, 0.2) is 0 Å². The summed E-state index contributed by atoms with van der Waals surface area (Å²) < 4.78 is 42.9. The third kappa shape index (κ3) is 3.28. The van der Waals surface area contributed by atoms with Gasteiger partial charge in [0.05, 0.1) is 11.6 Å². The van der Waals surface area contributed by atoms with E-state index in [1.165, 1.54) is 6.07 Å². The number of benzene rings is 1. The molecule has 0 saturated carbocycles. The lowest BCUT2D eigenvalue weighted by Crippen LogP contribution is -2.04. The van der Waals surface area contributed by atoms with Crippen LogP contribution in [-0.2, 0) is 16.5 Å². The molecule has 84 valence electrons. The van der Waals surface area contributed by atoms with E-state index in [2.05, 4.69) is 0 Å². The van der Waals surface area contributed by atoms with Crippen molar-refractivity contribution in [3.8, 4) is 0 Å². The Bertz CT molecular complexity index is 440. The molecule has 0 heterocycles. The molecule has 0 bridgehead atoms. The maximum absolute atomic E-state index is 12.0. The molecule has 1 rings (SSSR count). The van der Waals surface area contributed by atoms with Crippen molar-refractivity contribution >= 4 is 10.1 Å². The van der Waals surface area contributed by atoms with E-state index in [1.54, 1.807) is 12.1 Å². The molecule has 0 aliphatic heterocycles. The van der Waals surface area contributed by atoms with E-state index in [0.717, 1.165) is 5.56 Å². The van der Waals surface area contributed by atoms with Gasteiger partial charge < -0.3 is 0 Å². The summed E-state index contributed by atoms with van der Waals surface area (Å²) in [6, 6.07) is 4.60. The van der Waals surface area contributed by atoms with Crippen LogP contribution < -0.4 is 0 Å². The molecule has 1 N–H and O–H groups in total. The Kier molecular flexibility index (Phi) is 3.82.